The van der Waals surface area contributed by atoms with Crippen LogP contribution in [0.25, 0.3) is 0 Å². The summed E-state index contributed by atoms with van der Waals surface area (Å²) in [7, 11) is 6.89. The van der Waals surface area contributed by atoms with Crippen LogP contribution in [-0.4, -0.2) is 11.6 Å². The molecule has 1 aromatic carbocycles. The molecule has 0 bridgehead atoms. The highest BCUT2D eigenvalue weighted by atomic mass is 32.0. The lowest BCUT2D eigenvalue weighted by atomic mass is 9.86. The largest absolute Gasteiger partial charge is 0.358 e. The van der Waals surface area contributed by atoms with E-state index in [1.165, 1.54) is 17.7 Å². The lowest BCUT2D eigenvalue weighted by Gasteiger charge is -2.44. The molecule has 1 aromatic rings. The molecule has 4 heteroatoms. The summed E-state index contributed by atoms with van der Waals surface area (Å²) >= 11 is 0. The standard InChI is InChI=1S/C13H22NP3/c1-4-9-14-11-8-6-5-7-10(11)12(2,3)13(14,15)17-16/h5-8,17H,4,9,15-16H2,1-3H3. The van der Waals surface area contributed by atoms with E-state index in [0.717, 1.165) is 14.8 Å². The van der Waals surface area contributed by atoms with Crippen LogP contribution in [0.5, 0.6) is 0 Å². The highest BCUT2D eigenvalue weighted by Gasteiger charge is 2.52. The van der Waals surface area contributed by atoms with Gasteiger partial charge in [0.25, 0.3) is 0 Å². The van der Waals surface area contributed by atoms with Gasteiger partial charge in [0.2, 0.25) is 0 Å². The van der Waals surface area contributed by atoms with Crippen LogP contribution in [0.1, 0.15) is 32.8 Å². The highest BCUT2D eigenvalue weighted by Crippen LogP contribution is 2.64. The summed E-state index contributed by atoms with van der Waals surface area (Å²) in [5, 5.41) is 0.150. The van der Waals surface area contributed by atoms with E-state index in [2.05, 4.69) is 68.1 Å². The fourth-order valence-corrected chi connectivity index (χ4v) is 5.61. The molecular weight excluding hydrogens is 263 g/mol. The van der Waals surface area contributed by atoms with E-state index in [1.807, 2.05) is 0 Å². The molecule has 0 radical (unpaired) electrons. The summed E-state index contributed by atoms with van der Waals surface area (Å²) in [5.74, 6) is 0. The van der Waals surface area contributed by atoms with Gasteiger partial charge in [-0.3, -0.25) is 0 Å². The second-order valence-corrected chi connectivity index (χ2v) is 8.53. The summed E-state index contributed by atoms with van der Waals surface area (Å²) in [5.41, 5.74) is 3.09. The van der Waals surface area contributed by atoms with Gasteiger partial charge in [0, 0.05) is 17.6 Å². The van der Waals surface area contributed by atoms with E-state index in [1.54, 1.807) is 0 Å². The first-order chi connectivity index (χ1) is 7.99. The topological polar surface area (TPSA) is 3.24 Å². The van der Waals surface area contributed by atoms with Crippen molar-refractivity contribution in [2.45, 2.75) is 37.6 Å². The Morgan fingerprint density at radius 2 is 1.94 bits per heavy atom. The molecule has 1 aliphatic heterocycles. The Hall–Kier alpha value is 0.310. The van der Waals surface area contributed by atoms with Crippen LogP contribution in [0.4, 0.5) is 5.69 Å². The minimum Gasteiger partial charge on any atom is -0.358 e. The quantitative estimate of drug-likeness (QED) is 0.753. The summed E-state index contributed by atoms with van der Waals surface area (Å²) in [4.78, 5) is 2.58. The van der Waals surface area contributed by atoms with Crippen LogP contribution in [0.15, 0.2) is 24.3 Å². The molecule has 2 rings (SSSR count). The first-order valence-corrected chi connectivity index (χ1v) is 9.51. The van der Waals surface area contributed by atoms with Gasteiger partial charge in [-0.1, -0.05) is 47.2 Å². The predicted molar refractivity (Wildman–Crippen MR) is 87.6 cm³/mol. The van der Waals surface area contributed by atoms with Gasteiger partial charge in [-0.2, -0.15) is 0 Å². The Morgan fingerprint density at radius 3 is 2.53 bits per heavy atom. The number of hydrogen-bond acceptors (Lipinski definition) is 1. The second kappa shape index (κ2) is 4.77. The molecule has 1 nitrogen and oxygen atoms in total. The number of fused-ring (bicyclic) bond motifs is 1. The Kier molecular flexibility index (Phi) is 3.85. The number of rotatable bonds is 3. The Bertz CT molecular complexity index is 419. The number of para-hydroxylation sites is 1. The molecule has 0 aromatic heterocycles. The van der Waals surface area contributed by atoms with Gasteiger partial charge in [0.15, 0.2) is 0 Å². The maximum absolute atomic E-state index is 3.13. The van der Waals surface area contributed by atoms with Crippen molar-refractivity contribution in [3.63, 3.8) is 0 Å². The van der Waals surface area contributed by atoms with Crippen LogP contribution in [0.3, 0.4) is 0 Å². The molecule has 0 saturated carbocycles. The molecule has 17 heavy (non-hydrogen) atoms. The van der Waals surface area contributed by atoms with E-state index in [4.69, 9.17) is 0 Å². The predicted octanol–water partition coefficient (Wildman–Crippen LogP) is 4.19. The first kappa shape index (κ1) is 13.7. The minimum absolute atomic E-state index is 0.150. The van der Waals surface area contributed by atoms with Gasteiger partial charge < -0.3 is 4.90 Å². The third-order valence-corrected chi connectivity index (χ3v) is 9.10. The lowest BCUT2D eigenvalue weighted by Crippen LogP contribution is -2.46. The third-order valence-electron chi connectivity index (χ3n) is 3.91. The lowest BCUT2D eigenvalue weighted by molar-refractivity contribution is 0.482. The first-order valence-electron chi connectivity index (χ1n) is 6.13. The summed E-state index contributed by atoms with van der Waals surface area (Å²) in [6, 6.07) is 8.87. The van der Waals surface area contributed by atoms with E-state index < -0.39 is 0 Å². The number of anilines is 1. The molecule has 0 amide bonds. The van der Waals surface area contributed by atoms with Crippen molar-refractivity contribution < 1.29 is 0 Å². The van der Waals surface area contributed by atoms with Crippen molar-refractivity contribution in [1.82, 2.24) is 0 Å². The molecule has 4 atom stereocenters. The van der Waals surface area contributed by atoms with Crippen LogP contribution >= 0.6 is 26.4 Å². The van der Waals surface area contributed by atoms with Crippen LogP contribution in [-0.2, 0) is 5.41 Å². The van der Waals surface area contributed by atoms with E-state index in [0.29, 0.717) is 0 Å². The molecule has 4 unspecified atom stereocenters. The minimum atomic E-state index is 0.150. The van der Waals surface area contributed by atoms with Crippen molar-refractivity contribution in [3.05, 3.63) is 29.8 Å². The van der Waals surface area contributed by atoms with Crippen LogP contribution < -0.4 is 4.90 Å². The van der Waals surface area contributed by atoms with Gasteiger partial charge in [-0.25, -0.2) is 0 Å². The zero-order chi connectivity index (χ0) is 12.7. The number of nitrogens with zero attached hydrogens (tertiary/aromatic N) is 1. The molecule has 94 valence electrons. The summed E-state index contributed by atoms with van der Waals surface area (Å²) in [6.45, 7) is 8.12. The van der Waals surface area contributed by atoms with Gasteiger partial charge in [0.05, 0.1) is 5.02 Å². The van der Waals surface area contributed by atoms with Crippen molar-refractivity contribution in [2.75, 3.05) is 11.4 Å². The fourth-order valence-electron chi connectivity index (χ4n) is 2.75. The SMILES string of the molecule is CCCN1c2ccccc2C(C)(C)C1(P)PP. The molecule has 1 aliphatic rings. The molecular formula is C13H22NP3. The van der Waals surface area contributed by atoms with Gasteiger partial charge in [-0.15, -0.1) is 18.2 Å². The van der Waals surface area contributed by atoms with E-state index in [9.17, 15) is 0 Å². The summed E-state index contributed by atoms with van der Waals surface area (Å²) in [6.07, 6.45) is 1.19. The zero-order valence-electron chi connectivity index (χ0n) is 10.8. The average molecular weight is 285 g/mol. The monoisotopic (exact) mass is 285 g/mol. The Balaban J connectivity index is 2.59. The molecule has 1 heterocycles. The molecule has 0 aliphatic carbocycles. The smallest absolute Gasteiger partial charge is 0.0827 e. The number of hydrogen-bond donors (Lipinski definition) is 0. The van der Waals surface area contributed by atoms with E-state index in [-0.39, 0.29) is 10.4 Å². The zero-order valence-corrected chi connectivity index (χ0v) is 14.1. The van der Waals surface area contributed by atoms with Crippen molar-refractivity contribution >= 4 is 32.1 Å². The maximum atomic E-state index is 3.13. The van der Waals surface area contributed by atoms with Crippen molar-refractivity contribution in [1.29, 1.82) is 0 Å². The maximum Gasteiger partial charge on any atom is 0.0827 e. The van der Waals surface area contributed by atoms with Crippen molar-refractivity contribution in [3.8, 4) is 0 Å². The fraction of sp³-hybridized carbons (Fsp3) is 0.538. The molecule has 0 fully saturated rings. The Labute approximate surface area is 111 Å². The van der Waals surface area contributed by atoms with Gasteiger partial charge in [0.1, 0.15) is 0 Å². The Morgan fingerprint density at radius 1 is 1.29 bits per heavy atom. The van der Waals surface area contributed by atoms with Crippen molar-refractivity contribution in [2.24, 2.45) is 0 Å². The van der Waals surface area contributed by atoms with E-state index >= 15 is 0 Å². The summed E-state index contributed by atoms with van der Waals surface area (Å²) < 4.78 is 0. The van der Waals surface area contributed by atoms with Crippen LogP contribution in [0.2, 0.25) is 0 Å². The third kappa shape index (κ3) is 1.87. The van der Waals surface area contributed by atoms with Gasteiger partial charge >= 0.3 is 0 Å². The normalized spacial score (nSPS) is 26.8. The number of benzene rings is 1. The van der Waals surface area contributed by atoms with Gasteiger partial charge in [-0.05, 0) is 18.1 Å². The molecule has 0 spiro atoms. The average Bonchev–Trinajstić information content (AvgIpc) is 2.50. The molecule has 0 N–H and O–H groups in total. The highest BCUT2D eigenvalue weighted by molar-refractivity contribution is 8.05. The van der Waals surface area contributed by atoms with Crippen LogP contribution in [0, 0.1) is 0 Å². The second-order valence-electron chi connectivity index (χ2n) is 5.20. The molecule has 0 saturated heterocycles.